The van der Waals surface area contributed by atoms with Crippen molar-refractivity contribution in [2.75, 3.05) is 13.2 Å². The highest BCUT2D eigenvalue weighted by Gasteiger charge is 2.20. The molecule has 0 saturated carbocycles. The summed E-state index contributed by atoms with van der Waals surface area (Å²) in [4.78, 5) is 24.6. The number of unbranched alkanes of at least 4 members (excludes halogenated alkanes) is 45. The minimum atomic E-state index is -0.668. The molecule has 0 radical (unpaired) electrons. The van der Waals surface area contributed by atoms with Gasteiger partial charge in [0.1, 0.15) is 0 Å². The number of amides is 1. The van der Waals surface area contributed by atoms with E-state index in [0.717, 1.165) is 44.9 Å². The molecule has 0 heterocycles. The van der Waals surface area contributed by atoms with Crippen molar-refractivity contribution in [3.63, 3.8) is 0 Å². The third-order valence-corrected chi connectivity index (χ3v) is 14.6. The second-order valence-corrected chi connectivity index (χ2v) is 21.4. The third-order valence-electron chi connectivity index (χ3n) is 14.6. The van der Waals surface area contributed by atoms with E-state index in [0.29, 0.717) is 25.9 Å². The third kappa shape index (κ3) is 53.9. The topological polar surface area (TPSA) is 95.9 Å². The molecule has 404 valence electrons. The highest BCUT2D eigenvalue weighted by molar-refractivity contribution is 5.76. The molecular formula is C62H121NO5. The van der Waals surface area contributed by atoms with Crippen LogP contribution in [0.25, 0.3) is 0 Å². The van der Waals surface area contributed by atoms with Crippen LogP contribution in [-0.4, -0.2) is 47.4 Å². The molecule has 2 unspecified atom stereocenters. The maximum absolute atomic E-state index is 12.5. The molecule has 68 heavy (non-hydrogen) atoms. The van der Waals surface area contributed by atoms with E-state index in [1.54, 1.807) is 0 Å². The molecule has 0 saturated heterocycles. The summed E-state index contributed by atoms with van der Waals surface area (Å²) in [7, 11) is 0. The van der Waals surface area contributed by atoms with Crippen LogP contribution in [0.2, 0.25) is 0 Å². The minimum absolute atomic E-state index is 0.00155. The van der Waals surface area contributed by atoms with E-state index in [-0.39, 0.29) is 18.5 Å². The summed E-state index contributed by atoms with van der Waals surface area (Å²) in [6.45, 7) is 4.96. The molecule has 0 aromatic carbocycles. The molecule has 6 heteroatoms. The van der Waals surface area contributed by atoms with Crippen molar-refractivity contribution in [1.29, 1.82) is 0 Å². The Bertz CT molecular complexity index is 1020. The summed E-state index contributed by atoms with van der Waals surface area (Å²) in [5.74, 6) is -0.0385. The van der Waals surface area contributed by atoms with E-state index in [9.17, 15) is 19.8 Å². The van der Waals surface area contributed by atoms with Gasteiger partial charge in [-0.15, -0.1) is 0 Å². The number of ether oxygens (including phenoxy) is 1. The number of rotatable bonds is 58. The van der Waals surface area contributed by atoms with Crippen LogP contribution < -0.4 is 5.32 Å². The molecular weight excluding hydrogens is 839 g/mol. The van der Waals surface area contributed by atoms with Gasteiger partial charge in [-0.25, -0.2) is 0 Å². The molecule has 3 N–H and O–H groups in total. The predicted molar refractivity (Wildman–Crippen MR) is 297 cm³/mol. The van der Waals surface area contributed by atoms with Crippen molar-refractivity contribution in [3.8, 4) is 0 Å². The van der Waals surface area contributed by atoms with Gasteiger partial charge in [-0.05, 0) is 51.4 Å². The first kappa shape index (κ1) is 66.6. The molecule has 0 aliphatic rings. The number of aliphatic hydroxyl groups is 2. The van der Waals surface area contributed by atoms with E-state index in [1.807, 2.05) is 0 Å². The van der Waals surface area contributed by atoms with Gasteiger partial charge in [0.2, 0.25) is 5.91 Å². The first-order valence-electron chi connectivity index (χ1n) is 30.9. The normalized spacial score (nSPS) is 12.6. The van der Waals surface area contributed by atoms with Gasteiger partial charge in [0, 0.05) is 12.8 Å². The fourth-order valence-electron chi connectivity index (χ4n) is 9.81. The Labute approximate surface area is 425 Å². The van der Waals surface area contributed by atoms with Gasteiger partial charge in [0.05, 0.1) is 25.4 Å². The van der Waals surface area contributed by atoms with Crippen LogP contribution in [0, 0.1) is 0 Å². The molecule has 0 spiro atoms. The molecule has 0 rings (SSSR count). The smallest absolute Gasteiger partial charge is 0.305 e. The van der Waals surface area contributed by atoms with Crippen molar-refractivity contribution in [2.24, 2.45) is 0 Å². The number of esters is 1. The highest BCUT2D eigenvalue weighted by atomic mass is 16.5. The van der Waals surface area contributed by atoms with Crippen molar-refractivity contribution < 1.29 is 24.5 Å². The van der Waals surface area contributed by atoms with Gasteiger partial charge in [0.15, 0.2) is 0 Å². The first-order valence-corrected chi connectivity index (χ1v) is 30.9. The largest absolute Gasteiger partial charge is 0.466 e. The summed E-state index contributed by atoms with van der Waals surface area (Å²) in [6, 6.07) is -0.546. The quantitative estimate of drug-likeness (QED) is 0.0321. The Balaban J connectivity index is 3.41. The van der Waals surface area contributed by atoms with Crippen molar-refractivity contribution in [2.45, 2.75) is 360 Å². The van der Waals surface area contributed by atoms with Gasteiger partial charge < -0.3 is 20.3 Å². The number of aliphatic hydroxyl groups excluding tert-OH is 2. The number of allylic oxidation sites excluding steroid dienone is 2. The maximum Gasteiger partial charge on any atom is 0.305 e. The average molecular weight is 961 g/mol. The molecule has 2 atom stereocenters. The maximum atomic E-state index is 12.5. The van der Waals surface area contributed by atoms with Gasteiger partial charge in [0.25, 0.3) is 0 Å². The van der Waals surface area contributed by atoms with Crippen molar-refractivity contribution in [3.05, 3.63) is 12.2 Å². The van der Waals surface area contributed by atoms with E-state index < -0.39 is 12.1 Å². The number of hydrogen-bond acceptors (Lipinski definition) is 5. The molecule has 1 amide bonds. The Morgan fingerprint density at radius 3 is 1.04 bits per heavy atom. The Morgan fingerprint density at radius 1 is 0.397 bits per heavy atom. The number of carbonyl (C=O) groups is 2. The van der Waals surface area contributed by atoms with E-state index >= 15 is 0 Å². The zero-order chi connectivity index (χ0) is 49.3. The monoisotopic (exact) mass is 960 g/mol. The highest BCUT2D eigenvalue weighted by Crippen LogP contribution is 2.18. The lowest BCUT2D eigenvalue weighted by atomic mass is 10.0. The van der Waals surface area contributed by atoms with Crippen LogP contribution in [-0.2, 0) is 14.3 Å². The molecule has 0 aromatic rings. The summed E-state index contributed by atoms with van der Waals surface area (Å²) in [5, 5.41) is 23.3. The molecule has 0 aliphatic heterocycles. The van der Waals surface area contributed by atoms with E-state index in [4.69, 9.17) is 4.74 Å². The Hall–Kier alpha value is -1.40. The lowest BCUT2D eigenvalue weighted by Gasteiger charge is -2.22. The second kappa shape index (κ2) is 58.2. The molecule has 6 nitrogen and oxygen atoms in total. The lowest BCUT2D eigenvalue weighted by molar-refractivity contribution is -0.143. The SMILES string of the molecule is CCCCCCCC/C=C\CCCCCCCC(=O)OCCCCCCCCCCCCCCCCCCCC(=O)NC(CO)C(O)CCCCCCCCCCCCCCCCCCCCC. The molecule has 0 aromatic heterocycles. The zero-order valence-electron chi connectivity index (χ0n) is 46.1. The average Bonchev–Trinajstić information content (AvgIpc) is 3.34. The van der Waals surface area contributed by atoms with Gasteiger partial charge in [-0.1, -0.05) is 296 Å². The Kier molecular flexibility index (Phi) is 57.0. The van der Waals surface area contributed by atoms with E-state index in [1.165, 1.54) is 270 Å². The minimum Gasteiger partial charge on any atom is -0.466 e. The summed E-state index contributed by atoms with van der Waals surface area (Å²) in [6.07, 6.45) is 69.2. The van der Waals surface area contributed by atoms with Gasteiger partial charge >= 0.3 is 5.97 Å². The standard InChI is InChI=1S/C62H121NO5/c1-3-5-7-9-11-13-15-17-19-20-21-23-27-30-34-38-42-46-50-54-60(65)59(58-64)63-61(66)55-51-47-43-39-35-31-28-24-22-25-29-33-37-41-45-49-53-57-68-62(67)56-52-48-44-40-36-32-26-18-16-14-12-10-8-6-4-2/h18,26,59-60,64-65H,3-17,19-25,27-58H2,1-2H3,(H,63,66)/b26-18-. The fraction of sp³-hybridized carbons (Fsp3) is 0.935. The first-order chi connectivity index (χ1) is 33.5. The number of carbonyl (C=O) groups excluding carboxylic acids is 2. The summed E-state index contributed by atoms with van der Waals surface area (Å²) >= 11 is 0. The second-order valence-electron chi connectivity index (χ2n) is 21.4. The molecule has 0 bridgehead atoms. The van der Waals surface area contributed by atoms with Crippen LogP contribution in [0.3, 0.4) is 0 Å². The van der Waals surface area contributed by atoms with Crippen LogP contribution >= 0.6 is 0 Å². The number of nitrogens with one attached hydrogen (secondary N) is 1. The van der Waals surface area contributed by atoms with Crippen LogP contribution in [0.4, 0.5) is 0 Å². The van der Waals surface area contributed by atoms with Crippen LogP contribution in [0.15, 0.2) is 12.2 Å². The predicted octanol–water partition coefficient (Wildman–Crippen LogP) is 19.2. The van der Waals surface area contributed by atoms with Crippen molar-refractivity contribution >= 4 is 11.9 Å². The van der Waals surface area contributed by atoms with E-state index in [2.05, 4.69) is 31.3 Å². The van der Waals surface area contributed by atoms with Gasteiger partial charge in [-0.2, -0.15) is 0 Å². The van der Waals surface area contributed by atoms with Gasteiger partial charge in [-0.3, -0.25) is 9.59 Å². The molecule has 0 aliphatic carbocycles. The number of hydrogen-bond donors (Lipinski definition) is 3. The fourth-order valence-corrected chi connectivity index (χ4v) is 9.81. The lowest BCUT2D eigenvalue weighted by Crippen LogP contribution is -2.45. The van der Waals surface area contributed by atoms with Crippen molar-refractivity contribution in [1.82, 2.24) is 5.32 Å². The zero-order valence-corrected chi connectivity index (χ0v) is 46.1. The van der Waals surface area contributed by atoms with Crippen LogP contribution in [0.1, 0.15) is 348 Å². The summed E-state index contributed by atoms with van der Waals surface area (Å²) < 4.78 is 5.48. The summed E-state index contributed by atoms with van der Waals surface area (Å²) in [5.41, 5.74) is 0. The molecule has 0 fully saturated rings. The van der Waals surface area contributed by atoms with Crippen LogP contribution in [0.5, 0.6) is 0 Å². The Morgan fingerprint density at radius 2 is 0.691 bits per heavy atom.